The van der Waals surface area contributed by atoms with E-state index in [0.717, 1.165) is 38.1 Å². The van der Waals surface area contributed by atoms with Crippen LogP contribution in [-0.4, -0.2) is 40.0 Å². The summed E-state index contributed by atoms with van der Waals surface area (Å²) in [6.07, 6.45) is 3.28. The van der Waals surface area contributed by atoms with E-state index >= 15 is 0 Å². The summed E-state index contributed by atoms with van der Waals surface area (Å²) in [6, 6.07) is 6.43. The van der Waals surface area contributed by atoms with Gasteiger partial charge in [0.1, 0.15) is 5.75 Å². The molecule has 0 aromatic heterocycles. The minimum atomic E-state index is -0.138. The monoisotopic (exact) mass is 304 g/mol. The first-order valence-corrected chi connectivity index (χ1v) is 8.34. The van der Waals surface area contributed by atoms with E-state index in [0.29, 0.717) is 10.8 Å². The molecule has 0 bridgehead atoms. The Morgan fingerprint density at radius 3 is 3.00 bits per heavy atom. The Labute approximate surface area is 129 Å². The minimum absolute atomic E-state index is 0.108. The Balaban J connectivity index is 2.16. The number of amides is 1. The summed E-state index contributed by atoms with van der Waals surface area (Å²) in [5.41, 5.74) is 0.649. The molecule has 0 spiro atoms. The van der Waals surface area contributed by atoms with Crippen LogP contribution >= 0.6 is 11.8 Å². The molecular formula is C16H20N2O2S. The van der Waals surface area contributed by atoms with E-state index in [9.17, 15) is 9.90 Å². The van der Waals surface area contributed by atoms with E-state index in [-0.39, 0.29) is 17.2 Å². The number of nitriles is 1. The highest BCUT2D eigenvalue weighted by Gasteiger charge is 2.24. The summed E-state index contributed by atoms with van der Waals surface area (Å²) in [7, 11) is 0. The minimum Gasteiger partial charge on any atom is -0.507 e. The number of nitrogens with zero attached hydrogens (tertiary/aromatic N) is 2. The number of benzene rings is 1. The van der Waals surface area contributed by atoms with Crippen molar-refractivity contribution in [2.24, 2.45) is 0 Å². The first-order chi connectivity index (χ1) is 10.2. The molecule has 1 heterocycles. The molecule has 2 rings (SSSR count). The van der Waals surface area contributed by atoms with Crippen LogP contribution in [0.3, 0.4) is 0 Å². The lowest BCUT2D eigenvalue weighted by molar-refractivity contribution is 0.0760. The Kier molecular flexibility index (Phi) is 5.51. The third-order valence-electron chi connectivity index (χ3n) is 3.67. The summed E-state index contributed by atoms with van der Waals surface area (Å²) < 4.78 is 0. The van der Waals surface area contributed by atoms with Gasteiger partial charge in [-0.2, -0.15) is 17.0 Å². The van der Waals surface area contributed by atoms with Crippen molar-refractivity contribution >= 4 is 17.7 Å². The Bertz CT molecular complexity index is 554. The zero-order valence-corrected chi connectivity index (χ0v) is 13.0. The number of phenols is 1. The molecule has 1 amide bonds. The number of rotatable bonds is 3. The third kappa shape index (κ3) is 3.92. The molecule has 0 aliphatic carbocycles. The normalized spacial score (nSPS) is 18.9. The van der Waals surface area contributed by atoms with E-state index in [1.807, 2.05) is 22.7 Å². The molecule has 0 radical (unpaired) electrons. The quantitative estimate of drug-likeness (QED) is 0.932. The van der Waals surface area contributed by atoms with Crippen molar-refractivity contribution in [2.75, 3.05) is 18.8 Å². The molecule has 1 atom stereocenters. The third-order valence-corrected chi connectivity index (χ3v) is 4.86. The molecule has 1 fully saturated rings. The molecule has 1 aliphatic heterocycles. The van der Waals surface area contributed by atoms with Gasteiger partial charge in [-0.1, -0.05) is 13.3 Å². The molecule has 1 aromatic rings. The van der Waals surface area contributed by atoms with Crippen molar-refractivity contribution < 1.29 is 9.90 Å². The molecule has 0 saturated carbocycles. The molecule has 1 aromatic carbocycles. The summed E-state index contributed by atoms with van der Waals surface area (Å²) >= 11 is 1.89. The topological polar surface area (TPSA) is 64.3 Å². The van der Waals surface area contributed by atoms with Crippen molar-refractivity contribution in [3.63, 3.8) is 0 Å². The standard InChI is InChI=1S/C16H20N2O2S/c1-2-21-13-5-3-4-8-18(11-13)16(20)14-7-6-12(10-17)9-15(14)19/h6-7,9,13,19H,2-5,8,11H2,1H3. The zero-order chi connectivity index (χ0) is 15.2. The van der Waals surface area contributed by atoms with E-state index in [1.54, 1.807) is 12.1 Å². The number of hydrogen-bond acceptors (Lipinski definition) is 4. The summed E-state index contributed by atoms with van der Waals surface area (Å²) in [5, 5.41) is 19.2. The van der Waals surface area contributed by atoms with Crippen LogP contribution in [0.1, 0.15) is 42.1 Å². The second-order valence-electron chi connectivity index (χ2n) is 5.17. The molecule has 1 N–H and O–H groups in total. The Hall–Kier alpha value is -1.67. The number of carbonyl (C=O) groups is 1. The molecule has 1 saturated heterocycles. The first-order valence-electron chi connectivity index (χ1n) is 7.29. The molecule has 5 heteroatoms. The molecule has 112 valence electrons. The fourth-order valence-corrected chi connectivity index (χ4v) is 3.70. The van der Waals surface area contributed by atoms with Gasteiger partial charge in [0.25, 0.3) is 5.91 Å². The van der Waals surface area contributed by atoms with E-state index < -0.39 is 0 Å². The first kappa shape index (κ1) is 15.7. The van der Waals surface area contributed by atoms with Crippen molar-refractivity contribution in [3.8, 4) is 11.8 Å². The second-order valence-corrected chi connectivity index (χ2v) is 6.75. The van der Waals surface area contributed by atoms with E-state index in [2.05, 4.69) is 6.92 Å². The zero-order valence-electron chi connectivity index (χ0n) is 12.2. The highest BCUT2D eigenvalue weighted by atomic mass is 32.2. The lowest BCUT2D eigenvalue weighted by Crippen LogP contribution is -2.35. The van der Waals surface area contributed by atoms with E-state index in [4.69, 9.17) is 5.26 Å². The number of aromatic hydroxyl groups is 1. The van der Waals surface area contributed by atoms with Gasteiger partial charge in [0, 0.05) is 18.3 Å². The van der Waals surface area contributed by atoms with Gasteiger partial charge in [-0.25, -0.2) is 0 Å². The van der Waals surface area contributed by atoms with Crippen LogP contribution in [0, 0.1) is 11.3 Å². The fraction of sp³-hybridized carbons (Fsp3) is 0.500. The molecule has 1 unspecified atom stereocenters. The second kappa shape index (κ2) is 7.37. The SMILES string of the molecule is CCSC1CCCCN(C(=O)c2ccc(C#N)cc2O)C1. The lowest BCUT2D eigenvalue weighted by Gasteiger charge is -2.24. The predicted molar refractivity (Wildman–Crippen MR) is 84.5 cm³/mol. The lowest BCUT2D eigenvalue weighted by atomic mass is 10.1. The number of carbonyl (C=O) groups excluding carboxylic acids is 1. The van der Waals surface area contributed by atoms with Crippen LogP contribution in [0.2, 0.25) is 0 Å². The van der Waals surface area contributed by atoms with Crippen molar-refractivity contribution in [3.05, 3.63) is 29.3 Å². The van der Waals surface area contributed by atoms with Gasteiger partial charge >= 0.3 is 0 Å². The average molecular weight is 304 g/mol. The molecular weight excluding hydrogens is 284 g/mol. The Morgan fingerprint density at radius 2 is 2.33 bits per heavy atom. The van der Waals surface area contributed by atoms with Crippen LogP contribution in [0.25, 0.3) is 0 Å². The maximum Gasteiger partial charge on any atom is 0.257 e. The van der Waals surface area contributed by atoms with Crippen molar-refractivity contribution in [1.29, 1.82) is 5.26 Å². The van der Waals surface area contributed by atoms with Gasteiger partial charge in [-0.15, -0.1) is 0 Å². The molecule has 1 aliphatic rings. The van der Waals surface area contributed by atoms with Crippen LogP contribution < -0.4 is 0 Å². The Morgan fingerprint density at radius 1 is 1.52 bits per heavy atom. The van der Waals surface area contributed by atoms with Gasteiger partial charge in [-0.05, 0) is 36.8 Å². The van der Waals surface area contributed by atoms with Crippen molar-refractivity contribution in [2.45, 2.75) is 31.4 Å². The summed E-state index contributed by atoms with van der Waals surface area (Å²) in [6.45, 7) is 3.60. The number of likely N-dealkylation sites (tertiary alicyclic amines) is 1. The number of thioether (sulfide) groups is 1. The van der Waals surface area contributed by atoms with Crippen LogP contribution in [-0.2, 0) is 0 Å². The molecule has 4 nitrogen and oxygen atoms in total. The van der Waals surface area contributed by atoms with Crippen LogP contribution in [0.5, 0.6) is 5.75 Å². The molecule has 21 heavy (non-hydrogen) atoms. The van der Waals surface area contributed by atoms with Gasteiger partial charge in [-0.3, -0.25) is 4.79 Å². The van der Waals surface area contributed by atoms with Gasteiger partial charge in [0.05, 0.1) is 17.2 Å². The van der Waals surface area contributed by atoms with Gasteiger partial charge in [0.2, 0.25) is 0 Å². The van der Waals surface area contributed by atoms with Crippen molar-refractivity contribution in [1.82, 2.24) is 4.90 Å². The maximum atomic E-state index is 12.6. The highest BCUT2D eigenvalue weighted by molar-refractivity contribution is 7.99. The van der Waals surface area contributed by atoms with E-state index in [1.165, 1.54) is 6.07 Å². The van der Waals surface area contributed by atoms with Crippen LogP contribution in [0.4, 0.5) is 0 Å². The fourth-order valence-electron chi connectivity index (χ4n) is 2.61. The highest BCUT2D eigenvalue weighted by Crippen LogP contribution is 2.25. The predicted octanol–water partition coefficient (Wildman–Crippen LogP) is 3.01. The van der Waals surface area contributed by atoms with Gasteiger partial charge in [0.15, 0.2) is 0 Å². The smallest absolute Gasteiger partial charge is 0.257 e. The largest absolute Gasteiger partial charge is 0.507 e. The number of phenolic OH excluding ortho intramolecular Hbond substituents is 1. The van der Waals surface area contributed by atoms with Crippen LogP contribution in [0.15, 0.2) is 18.2 Å². The number of hydrogen-bond donors (Lipinski definition) is 1. The summed E-state index contributed by atoms with van der Waals surface area (Å²) in [5.74, 6) is 0.804. The summed E-state index contributed by atoms with van der Waals surface area (Å²) in [4.78, 5) is 14.4. The maximum absolute atomic E-state index is 12.6. The average Bonchev–Trinajstić information content (AvgIpc) is 2.72. The van der Waals surface area contributed by atoms with Gasteiger partial charge < -0.3 is 10.0 Å².